The molecule has 4 nitrogen and oxygen atoms in total. The van der Waals surface area contributed by atoms with E-state index in [1.165, 1.54) is 6.26 Å². The fraction of sp³-hybridized carbons (Fsp3) is 0.583. The number of hydrogen-bond donors (Lipinski definition) is 0. The summed E-state index contributed by atoms with van der Waals surface area (Å²) in [4.78, 5) is 11.7. The first-order valence-electron chi connectivity index (χ1n) is 5.69. The highest BCUT2D eigenvalue weighted by molar-refractivity contribution is 6.70. The first-order valence-corrected chi connectivity index (χ1v) is 9.09. The van der Waals surface area contributed by atoms with Crippen LogP contribution in [0.2, 0.25) is 19.6 Å². The Bertz CT molecular complexity index is 302. The van der Waals surface area contributed by atoms with Gasteiger partial charge in [-0.15, -0.1) is 0 Å². The lowest BCUT2D eigenvalue weighted by atomic mass is 10.2. The molecule has 0 fully saturated rings. The Morgan fingerprint density at radius 2 is 1.82 bits per heavy atom. The van der Waals surface area contributed by atoms with Crippen molar-refractivity contribution in [3.05, 3.63) is 24.2 Å². The van der Waals surface area contributed by atoms with Crippen molar-refractivity contribution < 1.29 is 18.7 Å². The van der Waals surface area contributed by atoms with Gasteiger partial charge in [0.2, 0.25) is 8.32 Å². The van der Waals surface area contributed by atoms with Crippen molar-refractivity contribution in [3.63, 3.8) is 0 Å². The molecule has 0 saturated carbocycles. The van der Waals surface area contributed by atoms with E-state index in [1.807, 2.05) is 26.6 Å². The predicted molar refractivity (Wildman–Crippen MR) is 69.9 cm³/mol. The van der Waals surface area contributed by atoms with Crippen LogP contribution in [0.15, 0.2) is 24.2 Å². The Balaban J connectivity index is 4.81. The maximum Gasteiger partial charge on any atom is 0.345 e. The van der Waals surface area contributed by atoms with Crippen LogP contribution in [0.5, 0.6) is 0 Å². The predicted octanol–water partition coefficient (Wildman–Crippen LogP) is 2.84. The van der Waals surface area contributed by atoms with E-state index in [0.717, 1.165) is 0 Å². The Labute approximate surface area is 104 Å². The Morgan fingerprint density at radius 3 is 2.24 bits per heavy atom. The maximum absolute atomic E-state index is 11.7. The third kappa shape index (κ3) is 6.83. The zero-order chi connectivity index (χ0) is 13.5. The molecule has 0 saturated heterocycles. The van der Waals surface area contributed by atoms with Crippen LogP contribution in [0.3, 0.4) is 0 Å². The van der Waals surface area contributed by atoms with Gasteiger partial charge in [-0.25, -0.2) is 4.79 Å². The van der Waals surface area contributed by atoms with Gasteiger partial charge in [0.05, 0.1) is 13.2 Å². The molecule has 0 aromatic carbocycles. The van der Waals surface area contributed by atoms with E-state index >= 15 is 0 Å². The molecule has 0 unspecified atom stereocenters. The molecule has 0 amide bonds. The molecule has 5 heteroatoms. The van der Waals surface area contributed by atoms with E-state index < -0.39 is 14.3 Å². The summed E-state index contributed by atoms with van der Waals surface area (Å²) in [6, 6.07) is 0. The van der Waals surface area contributed by atoms with Crippen LogP contribution in [0.25, 0.3) is 0 Å². The lowest BCUT2D eigenvalue weighted by Gasteiger charge is -2.21. The van der Waals surface area contributed by atoms with E-state index in [4.69, 9.17) is 13.9 Å². The second-order valence-corrected chi connectivity index (χ2v) is 8.77. The van der Waals surface area contributed by atoms with Crippen LogP contribution in [0.4, 0.5) is 0 Å². The highest BCUT2D eigenvalue weighted by atomic mass is 28.4. The summed E-state index contributed by atoms with van der Waals surface area (Å²) in [5.74, 6) is -0.153. The van der Waals surface area contributed by atoms with Crippen LogP contribution >= 0.6 is 0 Å². The van der Waals surface area contributed by atoms with Gasteiger partial charge in [0, 0.05) is 0 Å². The lowest BCUT2D eigenvalue weighted by molar-refractivity contribution is -0.138. The Kier molecular flexibility index (Phi) is 6.64. The second-order valence-electron chi connectivity index (χ2n) is 4.34. The quantitative estimate of drug-likeness (QED) is 0.231. The van der Waals surface area contributed by atoms with Crippen LogP contribution in [-0.4, -0.2) is 27.5 Å². The number of ether oxygens (including phenoxy) is 2. The third-order valence-corrected chi connectivity index (χ3v) is 2.45. The molecule has 98 valence electrons. The van der Waals surface area contributed by atoms with Crippen molar-refractivity contribution in [2.24, 2.45) is 0 Å². The van der Waals surface area contributed by atoms with Gasteiger partial charge < -0.3 is 13.9 Å². The number of carbonyl (C=O) groups is 1. The van der Waals surface area contributed by atoms with Gasteiger partial charge in [0.15, 0.2) is 0 Å². The molecule has 0 aromatic heterocycles. The summed E-state index contributed by atoms with van der Waals surface area (Å²) in [5.41, 5.74) is 0.246. The van der Waals surface area contributed by atoms with Crippen LogP contribution in [0.1, 0.15) is 13.8 Å². The van der Waals surface area contributed by atoms with Crippen LogP contribution in [0, 0.1) is 0 Å². The first-order chi connectivity index (χ1) is 7.81. The molecule has 0 N–H and O–H groups in total. The van der Waals surface area contributed by atoms with Gasteiger partial charge >= 0.3 is 5.97 Å². The topological polar surface area (TPSA) is 44.8 Å². The molecule has 0 aromatic rings. The SMILES string of the molecule is C=C(O[Si](C)(C)C)/C(=C/OCC)C(=O)OCC. The van der Waals surface area contributed by atoms with E-state index in [-0.39, 0.29) is 5.57 Å². The average molecular weight is 258 g/mol. The number of hydrogen-bond acceptors (Lipinski definition) is 4. The molecular weight excluding hydrogens is 236 g/mol. The minimum atomic E-state index is -1.79. The Morgan fingerprint density at radius 1 is 1.24 bits per heavy atom. The molecule has 0 bridgehead atoms. The summed E-state index contributed by atoms with van der Waals surface area (Å²) in [5, 5.41) is 0. The monoisotopic (exact) mass is 258 g/mol. The minimum absolute atomic E-state index is 0.246. The average Bonchev–Trinajstić information content (AvgIpc) is 2.15. The number of carbonyl (C=O) groups excluding carboxylic acids is 1. The van der Waals surface area contributed by atoms with Gasteiger partial charge in [-0.3, -0.25) is 0 Å². The smallest absolute Gasteiger partial charge is 0.345 e. The van der Waals surface area contributed by atoms with Crippen molar-refractivity contribution in [1.82, 2.24) is 0 Å². The van der Waals surface area contributed by atoms with Gasteiger partial charge in [0.25, 0.3) is 0 Å². The molecule has 0 aliphatic heterocycles. The maximum atomic E-state index is 11.7. The molecule has 0 radical (unpaired) electrons. The van der Waals surface area contributed by atoms with Crippen molar-refractivity contribution in [2.45, 2.75) is 33.5 Å². The first kappa shape index (κ1) is 15.8. The highest BCUT2D eigenvalue weighted by Gasteiger charge is 2.23. The molecule has 0 aliphatic carbocycles. The van der Waals surface area contributed by atoms with Gasteiger partial charge in [0.1, 0.15) is 17.6 Å². The van der Waals surface area contributed by atoms with E-state index in [1.54, 1.807) is 6.92 Å². The largest absolute Gasteiger partial charge is 0.544 e. The lowest BCUT2D eigenvalue weighted by Crippen LogP contribution is -2.26. The third-order valence-electron chi connectivity index (χ3n) is 1.59. The van der Waals surface area contributed by atoms with Gasteiger partial charge in [-0.05, 0) is 33.5 Å². The summed E-state index contributed by atoms with van der Waals surface area (Å²) >= 11 is 0. The van der Waals surface area contributed by atoms with E-state index in [0.29, 0.717) is 19.0 Å². The van der Waals surface area contributed by atoms with E-state index in [2.05, 4.69) is 6.58 Å². The van der Waals surface area contributed by atoms with Crippen LogP contribution in [-0.2, 0) is 18.7 Å². The molecule has 0 spiro atoms. The fourth-order valence-corrected chi connectivity index (χ4v) is 1.88. The fourth-order valence-electron chi connectivity index (χ4n) is 1.03. The summed E-state index contributed by atoms with van der Waals surface area (Å²) in [6.45, 7) is 14.2. The Hall–Kier alpha value is -1.23. The molecule has 0 heterocycles. The second kappa shape index (κ2) is 7.16. The van der Waals surface area contributed by atoms with Gasteiger partial charge in [-0.2, -0.15) is 0 Å². The number of esters is 1. The number of rotatable bonds is 7. The zero-order valence-electron chi connectivity index (χ0n) is 11.3. The minimum Gasteiger partial charge on any atom is -0.544 e. The van der Waals surface area contributed by atoms with Crippen molar-refractivity contribution in [1.29, 1.82) is 0 Å². The molecule has 17 heavy (non-hydrogen) atoms. The normalized spacial score (nSPS) is 11.9. The molecule has 0 atom stereocenters. The zero-order valence-corrected chi connectivity index (χ0v) is 12.3. The van der Waals surface area contributed by atoms with E-state index in [9.17, 15) is 4.79 Å². The summed E-state index contributed by atoms with van der Waals surface area (Å²) in [7, 11) is -1.79. The summed E-state index contributed by atoms with van der Waals surface area (Å²) < 4.78 is 15.7. The highest BCUT2D eigenvalue weighted by Crippen LogP contribution is 2.17. The van der Waals surface area contributed by atoms with Gasteiger partial charge in [-0.1, -0.05) is 6.58 Å². The molecular formula is C12H22O4Si. The van der Waals surface area contributed by atoms with Crippen molar-refractivity contribution in [3.8, 4) is 0 Å². The summed E-state index contributed by atoms with van der Waals surface area (Å²) in [6.07, 6.45) is 1.35. The standard InChI is InChI=1S/C12H22O4Si/c1-7-14-9-11(12(13)15-8-2)10(3)16-17(4,5)6/h9H,3,7-8H2,1-2,4-6H3/b11-9-. The van der Waals surface area contributed by atoms with Crippen molar-refractivity contribution in [2.75, 3.05) is 13.2 Å². The molecule has 0 rings (SSSR count). The van der Waals surface area contributed by atoms with Crippen molar-refractivity contribution >= 4 is 14.3 Å². The molecule has 0 aliphatic rings. The van der Waals surface area contributed by atoms with Crippen LogP contribution < -0.4 is 0 Å².